The van der Waals surface area contributed by atoms with E-state index in [1.807, 2.05) is 31.2 Å². The van der Waals surface area contributed by atoms with E-state index >= 15 is 0 Å². The smallest absolute Gasteiger partial charge is 0.143 e. The molecular formula is C19H26O. The molecule has 0 atom stereocenters. The van der Waals surface area contributed by atoms with E-state index in [1.165, 1.54) is 30.4 Å². The molecule has 1 aliphatic rings. The fraction of sp³-hybridized carbons (Fsp3) is 0.421. The number of rotatable bonds is 5. The van der Waals surface area contributed by atoms with Gasteiger partial charge < -0.3 is 0 Å². The Bertz CT molecular complexity index is 482. The van der Waals surface area contributed by atoms with E-state index in [9.17, 15) is 4.79 Å². The van der Waals surface area contributed by atoms with Gasteiger partial charge in [-0.25, -0.2) is 0 Å². The third-order valence-electron chi connectivity index (χ3n) is 3.83. The number of hydrogen-bond acceptors (Lipinski definition) is 1. The monoisotopic (exact) mass is 270 g/mol. The average Bonchev–Trinajstić information content (AvgIpc) is 2.36. The molecule has 1 rings (SSSR count). The molecule has 0 saturated heterocycles. The van der Waals surface area contributed by atoms with Crippen LogP contribution in [0.15, 0.2) is 59.3 Å². The molecule has 0 heterocycles. The zero-order valence-corrected chi connectivity index (χ0v) is 13.1. The summed E-state index contributed by atoms with van der Waals surface area (Å²) in [5, 5.41) is 0. The van der Waals surface area contributed by atoms with Crippen LogP contribution in [0.4, 0.5) is 0 Å². The summed E-state index contributed by atoms with van der Waals surface area (Å²) >= 11 is 0. The largest absolute Gasteiger partial charge is 0.299 e. The molecule has 0 aromatic rings. The topological polar surface area (TPSA) is 17.1 Å². The van der Waals surface area contributed by atoms with E-state index in [0.29, 0.717) is 5.41 Å². The quantitative estimate of drug-likeness (QED) is 0.375. The molecule has 0 aliphatic heterocycles. The van der Waals surface area contributed by atoms with Gasteiger partial charge in [0.25, 0.3) is 0 Å². The van der Waals surface area contributed by atoms with Crippen molar-refractivity contribution in [3.05, 3.63) is 59.3 Å². The second-order valence-corrected chi connectivity index (χ2v) is 6.08. The highest BCUT2D eigenvalue weighted by Crippen LogP contribution is 2.40. The van der Waals surface area contributed by atoms with Gasteiger partial charge >= 0.3 is 0 Å². The van der Waals surface area contributed by atoms with Crippen LogP contribution in [0.2, 0.25) is 0 Å². The van der Waals surface area contributed by atoms with Gasteiger partial charge in [0, 0.05) is 0 Å². The standard InChI is InChI=1S/C19H26O/c1-16(13-15-20)10-7-5-6-8-12-18-17(2)11-9-14-19(18,3)4/h5-8,10,12-13,15H,9,11,14H2,1-4H3/b6-5+,10-7-,12-8+,16-13+. The number of carbonyl (C=O) groups is 1. The highest BCUT2D eigenvalue weighted by molar-refractivity contribution is 5.66. The van der Waals surface area contributed by atoms with Crippen molar-refractivity contribution in [3.63, 3.8) is 0 Å². The zero-order valence-electron chi connectivity index (χ0n) is 13.1. The molecule has 1 nitrogen and oxygen atoms in total. The number of hydrogen-bond donors (Lipinski definition) is 0. The first kappa shape index (κ1) is 16.4. The Morgan fingerprint density at radius 2 is 1.85 bits per heavy atom. The zero-order chi connectivity index (χ0) is 15.0. The Labute approximate surface area is 123 Å². The summed E-state index contributed by atoms with van der Waals surface area (Å²) < 4.78 is 0. The predicted molar refractivity (Wildman–Crippen MR) is 87.6 cm³/mol. The first-order valence-corrected chi connectivity index (χ1v) is 7.31. The summed E-state index contributed by atoms with van der Waals surface area (Å²) in [7, 11) is 0. The Hall–Kier alpha value is -1.63. The van der Waals surface area contributed by atoms with E-state index in [2.05, 4.69) is 32.9 Å². The first-order valence-electron chi connectivity index (χ1n) is 7.31. The van der Waals surface area contributed by atoms with E-state index in [4.69, 9.17) is 0 Å². The van der Waals surface area contributed by atoms with E-state index in [0.717, 1.165) is 11.9 Å². The lowest BCUT2D eigenvalue weighted by Crippen LogP contribution is -2.18. The third-order valence-corrected chi connectivity index (χ3v) is 3.83. The molecule has 1 aliphatic carbocycles. The van der Waals surface area contributed by atoms with Crippen LogP contribution in [0, 0.1) is 5.41 Å². The summed E-state index contributed by atoms with van der Waals surface area (Å²) in [5.74, 6) is 0. The van der Waals surface area contributed by atoms with Gasteiger partial charge in [0.05, 0.1) is 0 Å². The SMILES string of the molecule is CC1=C(/C=C/C=C/C=C\C(C)=C\C=O)C(C)(C)CCC1. The van der Waals surface area contributed by atoms with Gasteiger partial charge in [-0.1, -0.05) is 55.9 Å². The number of carbonyl (C=O) groups excluding carboxylic acids is 1. The molecule has 0 spiro atoms. The molecule has 0 aromatic heterocycles. The Balaban J connectivity index is 2.65. The Kier molecular flexibility index (Phi) is 6.44. The third kappa shape index (κ3) is 5.16. The predicted octanol–water partition coefficient (Wildman–Crippen LogP) is 5.33. The van der Waals surface area contributed by atoms with E-state index < -0.39 is 0 Å². The lowest BCUT2D eigenvalue weighted by atomic mass is 9.73. The van der Waals surface area contributed by atoms with Gasteiger partial charge in [-0.2, -0.15) is 0 Å². The lowest BCUT2D eigenvalue weighted by Gasteiger charge is -2.32. The van der Waals surface area contributed by atoms with Crippen molar-refractivity contribution in [3.8, 4) is 0 Å². The van der Waals surface area contributed by atoms with Crippen LogP contribution in [0.5, 0.6) is 0 Å². The summed E-state index contributed by atoms with van der Waals surface area (Å²) in [6.07, 6.45) is 18.4. The van der Waals surface area contributed by atoms with Gasteiger partial charge in [-0.15, -0.1) is 0 Å². The minimum atomic E-state index is 0.297. The van der Waals surface area contributed by atoms with Gasteiger partial charge in [0.1, 0.15) is 6.29 Å². The van der Waals surface area contributed by atoms with Crippen molar-refractivity contribution in [2.75, 3.05) is 0 Å². The molecular weight excluding hydrogens is 244 g/mol. The van der Waals surface area contributed by atoms with Crippen LogP contribution in [0.25, 0.3) is 0 Å². The van der Waals surface area contributed by atoms with Crippen molar-refractivity contribution < 1.29 is 4.79 Å². The fourth-order valence-electron chi connectivity index (χ4n) is 2.66. The minimum Gasteiger partial charge on any atom is -0.299 e. The maximum absolute atomic E-state index is 10.3. The van der Waals surface area contributed by atoms with Crippen molar-refractivity contribution in [1.82, 2.24) is 0 Å². The molecule has 0 amide bonds. The van der Waals surface area contributed by atoms with Crippen LogP contribution in [-0.2, 0) is 4.79 Å². The number of allylic oxidation sites excluding steroid dienone is 10. The molecule has 0 saturated carbocycles. The molecule has 0 bridgehead atoms. The highest BCUT2D eigenvalue weighted by Gasteiger charge is 2.26. The van der Waals surface area contributed by atoms with E-state index in [-0.39, 0.29) is 0 Å². The lowest BCUT2D eigenvalue weighted by molar-refractivity contribution is -0.104. The molecule has 0 fully saturated rings. The molecule has 108 valence electrons. The highest BCUT2D eigenvalue weighted by atomic mass is 16.1. The maximum Gasteiger partial charge on any atom is 0.143 e. The average molecular weight is 270 g/mol. The molecule has 1 heteroatoms. The van der Waals surface area contributed by atoms with Crippen molar-refractivity contribution >= 4 is 6.29 Å². The summed E-state index contributed by atoms with van der Waals surface area (Å²) in [5.41, 5.74) is 4.26. The Morgan fingerprint density at radius 1 is 1.15 bits per heavy atom. The Morgan fingerprint density at radius 3 is 2.50 bits per heavy atom. The van der Waals surface area contributed by atoms with Crippen molar-refractivity contribution in [2.45, 2.75) is 47.0 Å². The minimum absolute atomic E-state index is 0.297. The van der Waals surface area contributed by atoms with Crippen LogP contribution in [0.1, 0.15) is 47.0 Å². The normalized spacial score (nSPS) is 20.5. The first-order chi connectivity index (χ1) is 9.47. The second-order valence-electron chi connectivity index (χ2n) is 6.08. The van der Waals surface area contributed by atoms with Gasteiger partial charge in [0.2, 0.25) is 0 Å². The summed E-state index contributed by atoms with van der Waals surface area (Å²) in [6.45, 7) is 8.81. The number of aldehydes is 1. The molecule has 0 radical (unpaired) electrons. The van der Waals surface area contributed by atoms with Gasteiger partial charge in [0.15, 0.2) is 0 Å². The van der Waals surface area contributed by atoms with Crippen molar-refractivity contribution in [1.29, 1.82) is 0 Å². The van der Waals surface area contributed by atoms with Crippen LogP contribution in [-0.4, -0.2) is 6.29 Å². The van der Waals surface area contributed by atoms with E-state index in [1.54, 1.807) is 6.08 Å². The van der Waals surface area contributed by atoms with Crippen molar-refractivity contribution in [2.24, 2.45) is 5.41 Å². The molecule has 0 aromatic carbocycles. The van der Waals surface area contributed by atoms with Crippen LogP contribution >= 0.6 is 0 Å². The summed E-state index contributed by atoms with van der Waals surface area (Å²) in [4.78, 5) is 10.3. The molecule has 20 heavy (non-hydrogen) atoms. The van der Waals surface area contributed by atoms with Crippen LogP contribution < -0.4 is 0 Å². The van der Waals surface area contributed by atoms with Gasteiger partial charge in [-0.05, 0) is 55.7 Å². The second kappa shape index (κ2) is 7.84. The molecule has 0 unspecified atom stereocenters. The molecule has 0 N–H and O–H groups in total. The van der Waals surface area contributed by atoms with Gasteiger partial charge in [-0.3, -0.25) is 4.79 Å². The summed E-state index contributed by atoms with van der Waals surface area (Å²) in [6, 6.07) is 0. The fourth-order valence-corrected chi connectivity index (χ4v) is 2.66. The maximum atomic E-state index is 10.3. The van der Waals surface area contributed by atoms with Crippen LogP contribution in [0.3, 0.4) is 0 Å².